The van der Waals surface area contributed by atoms with Crippen LogP contribution in [0.1, 0.15) is 66.2 Å². The summed E-state index contributed by atoms with van der Waals surface area (Å²) in [5.74, 6) is 0.783. The van der Waals surface area contributed by atoms with Gasteiger partial charge >= 0.3 is 136 Å². The Morgan fingerprint density at radius 1 is 1.10 bits per heavy atom. The Morgan fingerprint density at radius 2 is 1.75 bits per heavy atom. The summed E-state index contributed by atoms with van der Waals surface area (Å²) in [7, 11) is 4.47. The van der Waals surface area contributed by atoms with E-state index in [4.69, 9.17) is 0 Å². The topological polar surface area (TPSA) is 3.24 Å². The first-order valence-corrected chi connectivity index (χ1v) is 10.1. The van der Waals surface area contributed by atoms with Crippen LogP contribution in [0.4, 0.5) is 0 Å². The minimum atomic E-state index is -0.0249. The second-order valence-electron chi connectivity index (χ2n) is 6.26. The van der Waals surface area contributed by atoms with E-state index in [1.54, 1.807) is 11.1 Å². The van der Waals surface area contributed by atoms with Gasteiger partial charge in [-0.1, -0.05) is 0 Å². The maximum absolute atomic E-state index is 2.64. The molecule has 0 spiro atoms. The molecule has 1 rings (SSSR count). The normalized spacial score (nSPS) is 20.6. The van der Waals surface area contributed by atoms with Crippen molar-refractivity contribution in [3.05, 3.63) is 21.1 Å². The van der Waals surface area contributed by atoms with Crippen molar-refractivity contribution in [1.29, 1.82) is 0 Å². The van der Waals surface area contributed by atoms with E-state index in [2.05, 4.69) is 52.8 Å². The summed E-state index contributed by atoms with van der Waals surface area (Å²) in [5, 5.41) is 0. The zero-order chi connectivity index (χ0) is 15.1. The van der Waals surface area contributed by atoms with Crippen LogP contribution in [-0.2, 0) is 19.2 Å². The van der Waals surface area contributed by atoms with Crippen LogP contribution in [0.25, 0.3) is 0 Å². The third kappa shape index (κ3) is 4.86. The average molecular weight is 311 g/mol. The third-order valence-corrected chi connectivity index (χ3v) is 7.24. The summed E-state index contributed by atoms with van der Waals surface area (Å²) in [6, 6.07) is 0. The van der Waals surface area contributed by atoms with E-state index in [-0.39, 0.29) is 19.2 Å². The van der Waals surface area contributed by atoms with Gasteiger partial charge in [0.1, 0.15) is 0 Å². The molecule has 114 valence electrons. The molecular formula is C18H33NTi. The Kier molecular flexibility index (Phi) is 8.40. The van der Waals surface area contributed by atoms with Crippen molar-refractivity contribution in [2.75, 3.05) is 14.1 Å². The summed E-state index contributed by atoms with van der Waals surface area (Å²) in [6.45, 7) is 9.39. The van der Waals surface area contributed by atoms with E-state index in [0.29, 0.717) is 0 Å². The fraction of sp³-hybridized carbons (Fsp3) is 0.778. The molecule has 0 N–H and O–H groups in total. The summed E-state index contributed by atoms with van der Waals surface area (Å²) in [5.41, 5.74) is 3.49. The van der Waals surface area contributed by atoms with Gasteiger partial charge in [-0.05, 0) is 0 Å². The zero-order valence-corrected chi connectivity index (χ0v) is 16.0. The molecule has 0 radical (unpaired) electrons. The van der Waals surface area contributed by atoms with E-state index >= 15 is 0 Å². The summed E-state index contributed by atoms with van der Waals surface area (Å²) in [4.78, 5) is 2.41. The summed E-state index contributed by atoms with van der Waals surface area (Å²) >= 11 is -0.0249. The van der Waals surface area contributed by atoms with Gasteiger partial charge in [-0.3, -0.25) is 0 Å². The SMILES string of the molecule is CCCC1=CC(CCC)[C]([Ti][CH](C)N(C)C)=C1CCC. The monoisotopic (exact) mass is 311 g/mol. The van der Waals surface area contributed by atoms with Crippen LogP contribution >= 0.6 is 0 Å². The van der Waals surface area contributed by atoms with E-state index < -0.39 is 0 Å². The summed E-state index contributed by atoms with van der Waals surface area (Å²) in [6.07, 6.45) is 10.5. The molecule has 1 aliphatic carbocycles. The molecule has 2 heteroatoms. The van der Waals surface area contributed by atoms with Crippen molar-refractivity contribution in [2.24, 2.45) is 5.92 Å². The van der Waals surface area contributed by atoms with Crippen LogP contribution in [-0.4, -0.2) is 23.3 Å². The minimum absolute atomic E-state index is 0.0249. The Balaban J connectivity index is 2.99. The Labute approximate surface area is 135 Å². The van der Waals surface area contributed by atoms with Crippen LogP contribution in [0.15, 0.2) is 21.1 Å². The Morgan fingerprint density at radius 3 is 2.25 bits per heavy atom. The van der Waals surface area contributed by atoms with E-state index in [0.717, 1.165) is 10.3 Å². The molecule has 1 aliphatic rings. The molecular weight excluding hydrogens is 278 g/mol. The second-order valence-corrected chi connectivity index (χ2v) is 8.86. The first kappa shape index (κ1) is 18.2. The van der Waals surface area contributed by atoms with Crippen molar-refractivity contribution in [3.8, 4) is 0 Å². The van der Waals surface area contributed by atoms with Crippen molar-refractivity contribution in [1.82, 2.24) is 4.90 Å². The van der Waals surface area contributed by atoms with Gasteiger partial charge in [-0.15, -0.1) is 0 Å². The van der Waals surface area contributed by atoms with E-state index in [1.807, 2.05) is 3.88 Å². The number of hydrogen-bond donors (Lipinski definition) is 0. The molecule has 1 nitrogen and oxygen atoms in total. The first-order valence-electron chi connectivity index (χ1n) is 8.42. The first-order chi connectivity index (χ1) is 9.54. The fourth-order valence-electron chi connectivity index (χ4n) is 2.96. The standard InChI is InChI=1S/C14H23.C4H10N.Ti/c1-4-7-12-10-13(8-5-2)14(11-12)9-6-3;1-4-5(2)3;/h10,12H,4-9H2,1-3H3;4H,1-3H3;. The number of nitrogens with zero attached hydrogens (tertiary/aromatic N) is 1. The molecule has 0 aliphatic heterocycles. The predicted octanol–water partition coefficient (Wildman–Crippen LogP) is 5.19. The molecule has 0 amide bonds. The van der Waals surface area contributed by atoms with Gasteiger partial charge in [0.25, 0.3) is 0 Å². The van der Waals surface area contributed by atoms with E-state index in [9.17, 15) is 0 Å². The molecule has 0 aromatic rings. The van der Waals surface area contributed by atoms with E-state index in [1.165, 1.54) is 38.5 Å². The molecule has 0 fully saturated rings. The van der Waals surface area contributed by atoms with Crippen LogP contribution in [0, 0.1) is 5.92 Å². The maximum atomic E-state index is 2.64. The van der Waals surface area contributed by atoms with Gasteiger partial charge in [0.2, 0.25) is 0 Å². The fourth-order valence-corrected chi connectivity index (χ4v) is 5.47. The quantitative estimate of drug-likeness (QED) is 0.530. The van der Waals surface area contributed by atoms with Crippen molar-refractivity contribution in [3.63, 3.8) is 0 Å². The predicted molar refractivity (Wildman–Crippen MR) is 86.5 cm³/mol. The van der Waals surface area contributed by atoms with Crippen LogP contribution in [0.2, 0.25) is 0 Å². The summed E-state index contributed by atoms with van der Waals surface area (Å²) < 4.78 is 2.66. The second kappa shape index (κ2) is 9.23. The number of rotatable bonds is 9. The molecule has 0 saturated carbocycles. The number of allylic oxidation sites excluding steroid dienone is 4. The van der Waals surface area contributed by atoms with Gasteiger partial charge in [0, 0.05) is 0 Å². The third-order valence-electron chi connectivity index (χ3n) is 4.24. The van der Waals surface area contributed by atoms with Gasteiger partial charge in [0.15, 0.2) is 0 Å². The zero-order valence-electron chi connectivity index (χ0n) is 14.4. The van der Waals surface area contributed by atoms with Crippen LogP contribution in [0.3, 0.4) is 0 Å². The van der Waals surface area contributed by atoms with Gasteiger partial charge < -0.3 is 0 Å². The van der Waals surface area contributed by atoms with Crippen LogP contribution < -0.4 is 0 Å². The van der Waals surface area contributed by atoms with Crippen molar-refractivity contribution >= 4 is 0 Å². The van der Waals surface area contributed by atoms with Gasteiger partial charge in [0.05, 0.1) is 0 Å². The molecule has 0 aromatic carbocycles. The Hall–Kier alpha value is 0.154. The molecule has 0 bridgehead atoms. The molecule has 0 aromatic heterocycles. The molecule has 20 heavy (non-hydrogen) atoms. The number of hydrogen-bond acceptors (Lipinski definition) is 1. The molecule has 0 saturated heterocycles. The van der Waals surface area contributed by atoms with Gasteiger partial charge in [-0.2, -0.15) is 0 Å². The molecule has 2 atom stereocenters. The van der Waals surface area contributed by atoms with Crippen molar-refractivity contribution < 1.29 is 19.2 Å². The Bertz CT molecular complexity index is 354. The average Bonchev–Trinajstić information content (AvgIpc) is 2.69. The molecule has 2 unspecified atom stereocenters. The van der Waals surface area contributed by atoms with Gasteiger partial charge in [-0.25, -0.2) is 0 Å². The van der Waals surface area contributed by atoms with Crippen molar-refractivity contribution in [2.45, 2.75) is 70.6 Å². The van der Waals surface area contributed by atoms with Crippen LogP contribution in [0.5, 0.6) is 0 Å². The molecule has 0 heterocycles.